The molecule has 0 saturated carbocycles. The van der Waals surface area contributed by atoms with Crippen molar-refractivity contribution in [3.05, 3.63) is 58.1 Å². The number of hydrogen-bond donors (Lipinski definition) is 0. The molecule has 182 valence electrons. The predicted octanol–water partition coefficient (Wildman–Crippen LogP) is 5.82. The number of rotatable bonds is 9. The lowest BCUT2D eigenvalue weighted by Gasteiger charge is -2.14. The molecule has 0 aliphatic rings. The normalized spacial score (nSPS) is 11.9. The van der Waals surface area contributed by atoms with Crippen LogP contribution in [0.15, 0.2) is 52.1 Å². The maximum absolute atomic E-state index is 12.6. The lowest BCUT2D eigenvalue weighted by molar-refractivity contribution is -0.384. The van der Waals surface area contributed by atoms with Gasteiger partial charge in [-0.2, -0.15) is 26.3 Å². The Bertz CT molecular complexity index is 1130. The van der Waals surface area contributed by atoms with Crippen molar-refractivity contribution in [2.45, 2.75) is 23.3 Å². The Hall–Kier alpha value is -3.49. The molecule has 0 saturated heterocycles. The monoisotopic (exact) mass is 509 g/mol. The van der Waals surface area contributed by atoms with Crippen LogP contribution in [0.4, 0.5) is 32.0 Å². The minimum absolute atomic E-state index is 0.00302. The van der Waals surface area contributed by atoms with Crippen LogP contribution in [-0.2, 0) is 5.75 Å². The highest BCUT2D eigenvalue weighted by Crippen LogP contribution is 2.36. The van der Waals surface area contributed by atoms with Gasteiger partial charge in [0.15, 0.2) is 13.2 Å². The number of non-ortho nitro benzene ring substituents is 1. The zero-order chi connectivity index (χ0) is 24.9. The Balaban J connectivity index is 1.78. The molecule has 0 amide bonds. The van der Waals surface area contributed by atoms with Crippen molar-refractivity contribution in [2.75, 3.05) is 13.2 Å². The molecule has 0 bridgehead atoms. The highest BCUT2D eigenvalue weighted by Gasteiger charge is 2.30. The number of halogens is 6. The second-order valence-electron chi connectivity index (χ2n) is 6.55. The van der Waals surface area contributed by atoms with Gasteiger partial charge in [0.1, 0.15) is 11.5 Å². The summed E-state index contributed by atoms with van der Waals surface area (Å²) in [7, 11) is 0. The van der Waals surface area contributed by atoms with Gasteiger partial charge in [0.05, 0.1) is 10.5 Å². The van der Waals surface area contributed by atoms with Gasteiger partial charge in [0.2, 0.25) is 0 Å². The average Bonchev–Trinajstić information content (AvgIpc) is 3.23. The summed E-state index contributed by atoms with van der Waals surface area (Å²) in [6.07, 6.45) is -9.29. The van der Waals surface area contributed by atoms with Crippen LogP contribution in [0.2, 0.25) is 0 Å². The lowest BCUT2D eigenvalue weighted by atomic mass is 10.2. The van der Waals surface area contributed by atoms with E-state index in [-0.39, 0.29) is 39.6 Å². The zero-order valence-corrected chi connectivity index (χ0v) is 17.5. The predicted molar refractivity (Wildman–Crippen MR) is 105 cm³/mol. The second-order valence-corrected chi connectivity index (χ2v) is 7.48. The fourth-order valence-electron chi connectivity index (χ4n) is 2.45. The van der Waals surface area contributed by atoms with Crippen LogP contribution in [0.3, 0.4) is 0 Å². The van der Waals surface area contributed by atoms with Gasteiger partial charge in [0.25, 0.3) is 16.8 Å². The molecule has 34 heavy (non-hydrogen) atoms. The molecule has 0 N–H and O–H groups in total. The third kappa shape index (κ3) is 7.54. The van der Waals surface area contributed by atoms with Gasteiger partial charge >= 0.3 is 12.4 Å². The van der Waals surface area contributed by atoms with E-state index in [1.165, 1.54) is 24.3 Å². The largest absolute Gasteiger partial charge is 0.484 e. The summed E-state index contributed by atoms with van der Waals surface area (Å²) in [5.74, 6) is -0.691. The van der Waals surface area contributed by atoms with Gasteiger partial charge in [0, 0.05) is 17.9 Å². The molecule has 15 heteroatoms. The SMILES string of the molecule is O=[N+]([O-])c1ccc(CSc2nnc(-c3cc(OCC(F)(F)F)ccc3OCC(F)(F)F)o2)cc1. The Morgan fingerprint density at radius 1 is 0.941 bits per heavy atom. The van der Waals surface area contributed by atoms with Gasteiger partial charge in [-0.05, 0) is 23.8 Å². The number of nitro groups is 1. The fourth-order valence-corrected chi connectivity index (χ4v) is 3.17. The number of ether oxygens (including phenoxy) is 2. The van der Waals surface area contributed by atoms with Gasteiger partial charge in [-0.1, -0.05) is 23.9 Å². The van der Waals surface area contributed by atoms with E-state index in [9.17, 15) is 36.5 Å². The third-order valence-corrected chi connectivity index (χ3v) is 4.78. The summed E-state index contributed by atoms with van der Waals surface area (Å²) in [5, 5.41) is 18.2. The summed E-state index contributed by atoms with van der Waals surface area (Å²) in [6.45, 7) is -3.27. The number of nitrogens with zero attached hydrogens (tertiary/aromatic N) is 3. The first-order valence-electron chi connectivity index (χ1n) is 9.13. The Morgan fingerprint density at radius 2 is 1.59 bits per heavy atom. The van der Waals surface area contributed by atoms with Gasteiger partial charge < -0.3 is 13.9 Å². The maximum Gasteiger partial charge on any atom is 0.422 e. The minimum atomic E-state index is -4.66. The van der Waals surface area contributed by atoms with Gasteiger partial charge in [-0.25, -0.2) is 0 Å². The molecule has 0 spiro atoms. The molecule has 0 aliphatic heterocycles. The minimum Gasteiger partial charge on any atom is -0.484 e. The van der Waals surface area contributed by atoms with Crippen molar-refractivity contribution in [2.24, 2.45) is 0 Å². The first-order chi connectivity index (χ1) is 15.9. The molecule has 1 aromatic heterocycles. The quantitative estimate of drug-likeness (QED) is 0.154. The molecule has 0 unspecified atom stereocenters. The summed E-state index contributed by atoms with van der Waals surface area (Å²) in [5.41, 5.74) is 0.401. The standard InChI is InChI=1S/C19H13F6N3O5S/c20-18(21,22)9-31-13-5-6-15(32-10-19(23,24)25)14(7-13)16-26-27-17(33-16)34-8-11-1-3-12(4-2-11)28(29)30/h1-7H,8-10H2. The molecule has 0 radical (unpaired) electrons. The van der Waals surface area contributed by atoms with Crippen LogP contribution >= 0.6 is 11.8 Å². The summed E-state index contributed by atoms with van der Waals surface area (Å²) < 4.78 is 89.8. The lowest BCUT2D eigenvalue weighted by Crippen LogP contribution is -2.20. The summed E-state index contributed by atoms with van der Waals surface area (Å²) in [6, 6.07) is 8.68. The van der Waals surface area contributed by atoms with Gasteiger partial charge in [-0.15, -0.1) is 10.2 Å². The average molecular weight is 509 g/mol. The number of aromatic nitrogens is 2. The highest BCUT2D eigenvalue weighted by atomic mass is 32.2. The van der Waals surface area contributed by atoms with Crippen molar-refractivity contribution >= 4 is 17.4 Å². The van der Waals surface area contributed by atoms with Gasteiger partial charge in [-0.3, -0.25) is 10.1 Å². The number of alkyl halides is 6. The summed E-state index contributed by atoms with van der Waals surface area (Å²) in [4.78, 5) is 10.2. The second kappa shape index (κ2) is 10.2. The first-order valence-corrected chi connectivity index (χ1v) is 10.1. The molecule has 0 aliphatic carbocycles. The van der Waals surface area contributed by atoms with E-state index in [0.29, 0.717) is 5.56 Å². The Labute approximate surface area is 191 Å². The van der Waals surface area contributed by atoms with E-state index in [1.807, 2.05) is 0 Å². The van der Waals surface area contributed by atoms with Crippen molar-refractivity contribution < 1.29 is 45.2 Å². The Kier molecular flexibility index (Phi) is 7.54. The number of nitro benzene ring substituents is 1. The van der Waals surface area contributed by atoms with E-state index in [1.54, 1.807) is 0 Å². The van der Waals surface area contributed by atoms with Crippen molar-refractivity contribution in [1.82, 2.24) is 10.2 Å². The fraction of sp³-hybridized carbons (Fsp3) is 0.263. The van der Waals surface area contributed by atoms with Crippen LogP contribution in [0.25, 0.3) is 11.5 Å². The molecule has 3 rings (SSSR count). The molecular weight excluding hydrogens is 496 g/mol. The Morgan fingerprint density at radius 3 is 2.21 bits per heavy atom. The summed E-state index contributed by atoms with van der Waals surface area (Å²) >= 11 is 1.03. The number of thioether (sulfide) groups is 1. The molecular formula is C19H13F6N3O5S. The number of benzene rings is 2. The van der Waals surface area contributed by atoms with E-state index in [0.717, 1.165) is 30.0 Å². The third-order valence-electron chi connectivity index (χ3n) is 3.89. The molecule has 2 aromatic carbocycles. The smallest absolute Gasteiger partial charge is 0.422 e. The topological polar surface area (TPSA) is 101 Å². The van der Waals surface area contributed by atoms with E-state index < -0.39 is 30.5 Å². The maximum atomic E-state index is 12.6. The van der Waals surface area contributed by atoms with Crippen LogP contribution < -0.4 is 9.47 Å². The molecule has 1 heterocycles. The van der Waals surface area contributed by atoms with E-state index in [2.05, 4.69) is 14.9 Å². The van der Waals surface area contributed by atoms with Crippen molar-refractivity contribution in [3.8, 4) is 23.0 Å². The first kappa shape index (κ1) is 25.1. The highest BCUT2D eigenvalue weighted by molar-refractivity contribution is 7.98. The van der Waals surface area contributed by atoms with Crippen LogP contribution in [-0.4, -0.2) is 40.7 Å². The van der Waals surface area contributed by atoms with Crippen LogP contribution in [0.5, 0.6) is 11.5 Å². The van der Waals surface area contributed by atoms with Crippen molar-refractivity contribution in [1.29, 1.82) is 0 Å². The van der Waals surface area contributed by atoms with Crippen LogP contribution in [0.1, 0.15) is 5.56 Å². The molecule has 0 atom stereocenters. The van der Waals surface area contributed by atoms with E-state index in [4.69, 9.17) is 9.15 Å². The zero-order valence-electron chi connectivity index (χ0n) is 16.7. The molecule has 8 nitrogen and oxygen atoms in total. The molecule has 3 aromatic rings. The van der Waals surface area contributed by atoms with Crippen LogP contribution in [0, 0.1) is 10.1 Å². The molecule has 0 fully saturated rings. The van der Waals surface area contributed by atoms with E-state index >= 15 is 0 Å². The van der Waals surface area contributed by atoms with Crippen molar-refractivity contribution in [3.63, 3.8) is 0 Å². The number of hydrogen-bond acceptors (Lipinski definition) is 8.